The van der Waals surface area contributed by atoms with Gasteiger partial charge in [0.15, 0.2) is 5.13 Å². The summed E-state index contributed by atoms with van der Waals surface area (Å²) in [6, 6.07) is 11.6. The zero-order chi connectivity index (χ0) is 28.3. The number of rotatable bonds is 9. The molecule has 202 valence electrons. The number of benzene rings is 2. The molecule has 0 radical (unpaired) electrons. The number of aliphatic hydroxyl groups excluding tert-OH is 1. The summed E-state index contributed by atoms with van der Waals surface area (Å²) >= 11 is 0.957. The molecule has 1 amide bonds. The summed E-state index contributed by atoms with van der Waals surface area (Å²) in [5, 5.41) is 11.6. The molecule has 1 aromatic heterocycles. The molecule has 1 N–H and O–H groups in total. The van der Waals surface area contributed by atoms with Gasteiger partial charge in [0.2, 0.25) is 0 Å². The van der Waals surface area contributed by atoms with E-state index in [-0.39, 0.29) is 27.9 Å². The van der Waals surface area contributed by atoms with Crippen LogP contribution in [0.25, 0.3) is 5.76 Å². The highest BCUT2D eigenvalue weighted by Crippen LogP contribution is 2.44. The molecule has 8 nitrogen and oxygen atoms in total. The second kappa shape index (κ2) is 11.7. The number of hydrogen-bond acceptors (Lipinski definition) is 8. The van der Waals surface area contributed by atoms with Gasteiger partial charge in [-0.2, -0.15) is 0 Å². The molecule has 0 spiro atoms. The van der Waals surface area contributed by atoms with Crippen LogP contribution in [0.4, 0.5) is 5.13 Å². The Morgan fingerprint density at radius 2 is 1.87 bits per heavy atom. The van der Waals surface area contributed by atoms with E-state index >= 15 is 0 Å². The fourth-order valence-electron chi connectivity index (χ4n) is 4.33. The molecule has 0 aliphatic carbocycles. The number of carbonyl (C=O) groups excluding carboxylic acids is 3. The van der Waals surface area contributed by atoms with E-state index in [4.69, 9.17) is 9.47 Å². The zero-order valence-corrected chi connectivity index (χ0v) is 23.1. The van der Waals surface area contributed by atoms with Crippen molar-refractivity contribution < 1.29 is 29.0 Å². The summed E-state index contributed by atoms with van der Waals surface area (Å²) in [6.07, 6.45) is 2.31. The van der Waals surface area contributed by atoms with Crippen LogP contribution in [0.1, 0.15) is 57.0 Å². The Morgan fingerprint density at radius 1 is 1.15 bits per heavy atom. The van der Waals surface area contributed by atoms with Gasteiger partial charge in [-0.15, -0.1) is 0 Å². The number of ketones is 1. The molecule has 9 heteroatoms. The van der Waals surface area contributed by atoms with Gasteiger partial charge in [0.25, 0.3) is 5.78 Å². The first-order valence-electron chi connectivity index (χ1n) is 12.5. The summed E-state index contributed by atoms with van der Waals surface area (Å²) in [4.78, 5) is 45.4. The average molecular weight is 547 g/mol. The molecule has 0 unspecified atom stereocenters. The number of carbonyl (C=O) groups is 3. The van der Waals surface area contributed by atoms with Crippen molar-refractivity contribution >= 4 is 39.9 Å². The number of aryl methyl sites for hydroxylation is 3. The molecule has 0 bridgehead atoms. The third-order valence-corrected chi connectivity index (χ3v) is 7.41. The zero-order valence-electron chi connectivity index (χ0n) is 22.3. The van der Waals surface area contributed by atoms with Gasteiger partial charge in [-0.05, 0) is 56.5 Å². The van der Waals surface area contributed by atoms with Crippen LogP contribution in [0.2, 0.25) is 0 Å². The number of thiazole rings is 1. The molecule has 4 rings (SSSR count). The van der Waals surface area contributed by atoms with Gasteiger partial charge < -0.3 is 14.6 Å². The molecule has 2 aromatic carbocycles. The van der Waals surface area contributed by atoms with Crippen LogP contribution in [0.15, 0.2) is 60.7 Å². The van der Waals surface area contributed by atoms with E-state index in [1.165, 1.54) is 11.0 Å². The van der Waals surface area contributed by atoms with Gasteiger partial charge in [-0.1, -0.05) is 60.7 Å². The standard InChI is InChI=1S/C30H30N2O6S/c1-6-14-37-21-12-13-22(18(4)16-21)25(33)23-24(20-10-8-17(3)9-11-20)32(28(35)26(23)34)30-31-19(5)27(39-30)29(36)38-15-7-2/h7-13,16,24,33H,2,6,14-15H2,1,3-5H3/t24-/m1/s1. The lowest BCUT2D eigenvalue weighted by atomic mass is 9.93. The number of aromatic nitrogens is 1. The van der Waals surface area contributed by atoms with E-state index in [0.29, 0.717) is 34.7 Å². The average Bonchev–Trinajstić information content (AvgIpc) is 3.42. The normalized spacial score (nSPS) is 16.4. The van der Waals surface area contributed by atoms with E-state index in [0.717, 1.165) is 23.3 Å². The Morgan fingerprint density at radius 3 is 2.51 bits per heavy atom. The van der Waals surface area contributed by atoms with Gasteiger partial charge >= 0.3 is 11.9 Å². The van der Waals surface area contributed by atoms with Crippen molar-refractivity contribution in [1.29, 1.82) is 0 Å². The topological polar surface area (TPSA) is 106 Å². The van der Waals surface area contributed by atoms with Crippen LogP contribution in [-0.4, -0.2) is 41.0 Å². The largest absolute Gasteiger partial charge is 0.507 e. The molecule has 1 saturated heterocycles. The fraction of sp³-hybridized carbons (Fsp3) is 0.267. The maximum atomic E-state index is 13.5. The highest BCUT2D eigenvalue weighted by Gasteiger charge is 2.48. The van der Waals surface area contributed by atoms with Gasteiger partial charge in [-0.25, -0.2) is 9.78 Å². The van der Waals surface area contributed by atoms with E-state index in [9.17, 15) is 19.5 Å². The van der Waals surface area contributed by atoms with Crippen LogP contribution in [0.5, 0.6) is 5.75 Å². The number of amides is 1. The Bertz CT molecular complexity index is 1470. The maximum Gasteiger partial charge on any atom is 0.350 e. The van der Waals surface area contributed by atoms with Crippen molar-refractivity contribution in [3.8, 4) is 5.75 Å². The number of hydrogen-bond donors (Lipinski definition) is 1. The minimum atomic E-state index is -0.955. The van der Waals surface area contributed by atoms with E-state index < -0.39 is 23.7 Å². The number of esters is 1. The molecular weight excluding hydrogens is 516 g/mol. The Labute approximate surface area is 231 Å². The summed E-state index contributed by atoms with van der Waals surface area (Å²) in [7, 11) is 0. The molecule has 1 atom stereocenters. The third-order valence-electron chi connectivity index (χ3n) is 6.27. The van der Waals surface area contributed by atoms with Crippen molar-refractivity contribution in [2.45, 2.75) is 40.2 Å². The number of aliphatic hydroxyl groups is 1. The second-order valence-electron chi connectivity index (χ2n) is 9.20. The number of ether oxygens (including phenoxy) is 2. The van der Waals surface area contributed by atoms with Gasteiger partial charge in [0, 0.05) is 5.56 Å². The number of anilines is 1. The van der Waals surface area contributed by atoms with Gasteiger partial charge in [-0.3, -0.25) is 14.5 Å². The van der Waals surface area contributed by atoms with E-state index in [1.807, 2.05) is 26.0 Å². The highest BCUT2D eigenvalue weighted by molar-refractivity contribution is 7.17. The summed E-state index contributed by atoms with van der Waals surface area (Å²) in [5.74, 6) is -1.93. The highest BCUT2D eigenvalue weighted by atomic mass is 32.1. The van der Waals surface area contributed by atoms with Crippen LogP contribution >= 0.6 is 11.3 Å². The molecule has 3 aromatic rings. The van der Waals surface area contributed by atoms with Crippen molar-refractivity contribution in [3.05, 3.63) is 93.5 Å². The van der Waals surface area contributed by atoms with Crippen molar-refractivity contribution in [1.82, 2.24) is 4.98 Å². The SMILES string of the molecule is C=CCOC(=O)c1sc(N2C(=O)C(=O)C(=C(O)c3ccc(OCCC)cc3C)[C@H]2c2ccc(C)cc2)nc1C. The lowest BCUT2D eigenvalue weighted by Gasteiger charge is -2.23. The lowest BCUT2D eigenvalue weighted by molar-refractivity contribution is -0.132. The summed E-state index contributed by atoms with van der Waals surface area (Å²) in [5.41, 5.74) is 3.02. The van der Waals surface area contributed by atoms with Crippen LogP contribution in [0.3, 0.4) is 0 Å². The smallest absolute Gasteiger partial charge is 0.350 e. The molecule has 2 heterocycles. The minimum Gasteiger partial charge on any atom is -0.507 e. The van der Waals surface area contributed by atoms with Crippen molar-refractivity contribution in [2.75, 3.05) is 18.1 Å². The quantitative estimate of drug-likeness (QED) is 0.118. The predicted molar refractivity (Wildman–Crippen MR) is 150 cm³/mol. The molecular formula is C30H30N2O6S. The van der Waals surface area contributed by atoms with Crippen molar-refractivity contribution in [2.24, 2.45) is 0 Å². The van der Waals surface area contributed by atoms with Crippen LogP contribution in [-0.2, 0) is 14.3 Å². The first-order chi connectivity index (χ1) is 18.7. The van der Waals surface area contributed by atoms with Gasteiger partial charge in [0.05, 0.1) is 23.9 Å². The van der Waals surface area contributed by atoms with E-state index in [2.05, 4.69) is 11.6 Å². The van der Waals surface area contributed by atoms with E-state index in [1.54, 1.807) is 44.2 Å². The first-order valence-corrected chi connectivity index (χ1v) is 13.4. The number of nitrogens with zero attached hydrogens (tertiary/aromatic N) is 2. The lowest BCUT2D eigenvalue weighted by Crippen LogP contribution is -2.29. The maximum absolute atomic E-state index is 13.5. The molecule has 1 aliphatic rings. The monoisotopic (exact) mass is 546 g/mol. The summed E-state index contributed by atoms with van der Waals surface area (Å²) < 4.78 is 10.8. The molecule has 1 fully saturated rings. The fourth-order valence-corrected chi connectivity index (χ4v) is 5.31. The third kappa shape index (κ3) is 5.49. The predicted octanol–water partition coefficient (Wildman–Crippen LogP) is 5.83. The first kappa shape index (κ1) is 27.8. The summed E-state index contributed by atoms with van der Waals surface area (Å²) in [6.45, 7) is 11.5. The number of Topliss-reactive ketones (excluding diaryl/α,β-unsaturated/α-hetero) is 1. The Kier molecular flexibility index (Phi) is 8.30. The second-order valence-corrected chi connectivity index (χ2v) is 10.2. The van der Waals surface area contributed by atoms with Crippen molar-refractivity contribution in [3.63, 3.8) is 0 Å². The van der Waals surface area contributed by atoms with Gasteiger partial charge in [0.1, 0.15) is 23.0 Å². The molecule has 39 heavy (non-hydrogen) atoms. The Balaban J connectivity index is 1.85. The Hall–Kier alpha value is -4.24. The molecule has 1 aliphatic heterocycles. The van der Waals surface area contributed by atoms with Crippen LogP contribution < -0.4 is 9.64 Å². The van der Waals surface area contributed by atoms with Crippen LogP contribution in [0, 0.1) is 20.8 Å². The molecule has 0 saturated carbocycles. The minimum absolute atomic E-state index is 0.0288.